The smallest absolute Gasteiger partial charge is 0.408 e. The van der Waals surface area contributed by atoms with Gasteiger partial charge >= 0.3 is 6.09 Å². The number of nitrogens with zero attached hydrogens (tertiary/aromatic N) is 3. The first-order valence-electron chi connectivity index (χ1n) is 12.0. The van der Waals surface area contributed by atoms with Crippen molar-refractivity contribution in [1.82, 2.24) is 15.1 Å². The number of benzene rings is 2. The molecule has 1 fully saturated rings. The Hall–Kier alpha value is -3.37. The first-order chi connectivity index (χ1) is 16.5. The zero-order valence-corrected chi connectivity index (χ0v) is 20.1. The SMILES string of the molecule is CC[C@H](C)[C@H](NC(=O)OCc1ccccc1)C(=O)N1CCCN(Cc2ccc(C#N)cc2)CC1. The highest BCUT2D eigenvalue weighted by atomic mass is 16.5. The molecular weight excluding hydrogens is 428 g/mol. The molecule has 2 amide bonds. The van der Waals surface area contributed by atoms with Gasteiger partial charge < -0.3 is 15.0 Å². The third-order valence-electron chi connectivity index (χ3n) is 6.35. The average molecular weight is 463 g/mol. The standard InChI is InChI=1S/C27H34N4O3/c1-3-21(2)25(29-27(33)34-20-24-8-5-4-6-9-24)26(32)31-15-7-14-30(16-17-31)19-23-12-10-22(18-28)11-13-23/h4-6,8-13,21,25H,3,7,14-17,19-20H2,1-2H3,(H,29,33)/t21-,25-/m0/s1. The number of nitriles is 1. The van der Waals surface area contributed by atoms with E-state index in [1.807, 2.05) is 73.3 Å². The number of carbonyl (C=O) groups is 2. The highest BCUT2D eigenvalue weighted by molar-refractivity contribution is 5.86. The van der Waals surface area contributed by atoms with E-state index in [0.717, 1.165) is 43.6 Å². The van der Waals surface area contributed by atoms with Crippen molar-refractivity contribution in [1.29, 1.82) is 5.26 Å². The second-order valence-corrected chi connectivity index (χ2v) is 8.83. The van der Waals surface area contributed by atoms with Gasteiger partial charge in [0, 0.05) is 32.7 Å². The summed E-state index contributed by atoms with van der Waals surface area (Å²) < 4.78 is 5.37. The highest BCUT2D eigenvalue weighted by Crippen LogP contribution is 2.15. The Labute approximate surface area is 202 Å². The molecule has 2 aromatic rings. The molecule has 0 saturated carbocycles. The van der Waals surface area contributed by atoms with E-state index < -0.39 is 12.1 Å². The molecule has 0 bridgehead atoms. The zero-order chi connectivity index (χ0) is 24.3. The van der Waals surface area contributed by atoms with Gasteiger partial charge in [-0.05, 0) is 35.6 Å². The van der Waals surface area contributed by atoms with Crippen LogP contribution in [0.3, 0.4) is 0 Å². The quantitative estimate of drug-likeness (QED) is 0.642. The Bertz CT molecular complexity index is 972. The van der Waals surface area contributed by atoms with Crippen molar-refractivity contribution < 1.29 is 14.3 Å². The van der Waals surface area contributed by atoms with Crippen molar-refractivity contribution in [3.05, 3.63) is 71.3 Å². The molecule has 0 radical (unpaired) electrons. The van der Waals surface area contributed by atoms with Crippen LogP contribution in [0.4, 0.5) is 4.79 Å². The average Bonchev–Trinajstić information content (AvgIpc) is 3.12. The molecule has 1 aliphatic rings. The van der Waals surface area contributed by atoms with Gasteiger partial charge in [0.25, 0.3) is 0 Å². The molecule has 2 atom stereocenters. The van der Waals surface area contributed by atoms with Crippen LogP contribution in [0.25, 0.3) is 0 Å². The molecular formula is C27H34N4O3. The van der Waals surface area contributed by atoms with Gasteiger partial charge in [0.1, 0.15) is 12.6 Å². The van der Waals surface area contributed by atoms with Crippen LogP contribution in [-0.4, -0.2) is 54.0 Å². The van der Waals surface area contributed by atoms with Crippen molar-refractivity contribution >= 4 is 12.0 Å². The van der Waals surface area contributed by atoms with E-state index in [1.54, 1.807) is 0 Å². The van der Waals surface area contributed by atoms with Gasteiger partial charge in [-0.2, -0.15) is 5.26 Å². The number of rotatable bonds is 8. The minimum Gasteiger partial charge on any atom is -0.445 e. The summed E-state index contributed by atoms with van der Waals surface area (Å²) in [7, 11) is 0. The highest BCUT2D eigenvalue weighted by Gasteiger charge is 2.31. The summed E-state index contributed by atoms with van der Waals surface area (Å²) >= 11 is 0. The van der Waals surface area contributed by atoms with E-state index in [9.17, 15) is 9.59 Å². The van der Waals surface area contributed by atoms with Gasteiger partial charge in [-0.3, -0.25) is 9.69 Å². The van der Waals surface area contributed by atoms with Crippen LogP contribution in [0.5, 0.6) is 0 Å². The Kier molecular flexibility index (Phi) is 9.48. The lowest BCUT2D eigenvalue weighted by atomic mass is 9.98. The molecule has 1 N–H and O–H groups in total. The maximum atomic E-state index is 13.4. The molecule has 180 valence electrons. The number of amides is 2. The molecule has 2 aromatic carbocycles. The molecule has 0 aromatic heterocycles. The minimum absolute atomic E-state index is 0.00483. The summed E-state index contributed by atoms with van der Waals surface area (Å²) in [6.07, 6.45) is 1.07. The summed E-state index contributed by atoms with van der Waals surface area (Å²) in [5.41, 5.74) is 2.71. The van der Waals surface area contributed by atoms with Crippen LogP contribution >= 0.6 is 0 Å². The van der Waals surface area contributed by atoms with Crippen LogP contribution in [0.1, 0.15) is 43.4 Å². The number of ether oxygens (including phenoxy) is 1. The lowest BCUT2D eigenvalue weighted by Crippen LogP contribution is -2.52. The van der Waals surface area contributed by atoms with E-state index in [2.05, 4.69) is 16.3 Å². The predicted octanol–water partition coefficient (Wildman–Crippen LogP) is 3.93. The maximum absolute atomic E-state index is 13.4. The zero-order valence-electron chi connectivity index (χ0n) is 20.1. The van der Waals surface area contributed by atoms with Gasteiger partial charge in [0.05, 0.1) is 11.6 Å². The monoisotopic (exact) mass is 462 g/mol. The van der Waals surface area contributed by atoms with Crippen molar-refractivity contribution in [3.63, 3.8) is 0 Å². The van der Waals surface area contributed by atoms with Gasteiger partial charge in [-0.15, -0.1) is 0 Å². The van der Waals surface area contributed by atoms with Crippen LogP contribution in [0.15, 0.2) is 54.6 Å². The second-order valence-electron chi connectivity index (χ2n) is 8.83. The molecule has 1 aliphatic heterocycles. The fraction of sp³-hybridized carbons (Fsp3) is 0.444. The van der Waals surface area contributed by atoms with Crippen LogP contribution < -0.4 is 5.32 Å². The molecule has 34 heavy (non-hydrogen) atoms. The summed E-state index contributed by atoms with van der Waals surface area (Å²) in [5, 5.41) is 11.8. The number of hydrogen-bond acceptors (Lipinski definition) is 5. The van der Waals surface area contributed by atoms with Crippen molar-refractivity contribution in [3.8, 4) is 6.07 Å². The van der Waals surface area contributed by atoms with Crippen LogP contribution in [0, 0.1) is 17.2 Å². The van der Waals surface area contributed by atoms with E-state index in [4.69, 9.17) is 10.00 Å². The van der Waals surface area contributed by atoms with Crippen molar-refractivity contribution in [2.24, 2.45) is 5.92 Å². The second kappa shape index (κ2) is 12.8. The van der Waals surface area contributed by atoms with Gasteiger partial charge in [-0.25, -0.2) is 4.79 Å². The molecule has 1 heterocycles. The van der Waals surface area contributed by atoms with E-state index >= 15 is 0 Å². The van der Waals surface area contributed by atoms with Gasteiger partial charge in [-0.1, -0.05) is 62.7 Å². The molecule has 7 nitrogen and oxygen atoms in total. The van der Waals surface area contributed by atoms with Crippen LogP contribution in [-0.2, 0) is 22.7 Å². The summed E-state index contributed by atoms with van der Waals surface area (Å²) in [4.78, 5) is 30.1. The molecule has 0 spiro atoms. The largest absolute Gasteiger partial charge is 0.445 e. The Morgan fingerprint density at radius 2 is 1.76 bits per heavy atom. The Morgan fingerprint density at radius 1 is 1.03 bits per heavy atom. The summed E-state index contributed by atoms with van der Waals surface area (Å²) in [5.74, 6) is -0.0546. The molecule has 0 unspecified atom stereocenters. The normalized spacial score (nSPS) is 16.1. The molecule has 0 aliphatic carbocycles. The number of alkyl carbamates (subject to hydrolysis) is 1. The number of hydrogen-bond donors (Lipinski definition) is 1. The van der Waals surface area contributed by atoms with Gasteiger partial charge in [0.15, 0.2) is 0 Å². The number of nitrogens with one attached hydrogen (secondary N) is 1. The Morgan fingerprint density at radius 3 is 2.44 bits per heavy atom. The lowest BCUT2D eigenvalue weighted by Gasteiger charge is -2.30. The fourth-order valence-corrected chi connectivity index (χ4v) is 4.06. The Balaban J connectivity index is 1.55. The van der Waals surface area contributed by atoms with E-state index in [1.165, 1.54) is 0 Å². The number of carbonyl (C=O) groups excluding carboxylic acids is 2. The predicted molar refractivity (Wildman–Crippen MR) is 131 cm³/mol. The first kappa shape index (κ1) is 25.3. The molecule has 3 rings (SSSR count). The molecule has 7 heteroatoms. The van der Waals surface area contributed by atoms with E-state index in [0.29, 0.717) is 18.7 Å². The van der Waals surface area contributed by atoms with E-state index in [-0.39, 0.29) is 18.4 Å². The topological polar surface area (TPSA) is 85.7 Å². The van der Waals surface area contributed by atoms with Crippen molar-refractivity contribution in [2.75, 3.05) is 26.2 Å². The lowest BCUT2D eigenvalue weighted by molar-refractivity contribution is -0.134. The van der Waals surface area contributed by atoms with Crippen molar-refractivity contribution in [2.45, 2.75) is 45.9 Å². The van der Waals surface area contributed by atoms with Crippen LogP contribution in [0.2, 0.25) is 0 Å². The first-order valence-corrected chi connectivity index (χ1v) is 12.0. The third kappa shape index (κ3) is 7.32. The maximum Gasteiger partial charge on any atom is 0.408 e. The molecule has 1 saturated heterocycles. The summed E-state index contributed by atoms with van der Waals surface area (Å²) in [6.45, 7) is 7.88. The summed E-state index contributed by atoms with van der Waals surface area (Å²) in [6, 6.07) is 18.7. The third-order valence-corrected chi connectivity index (χ3v) is 6.35. The minimum atomic E-state index is -0.613. The fourth-order valence-electron chi connectivity index (χ4n) is 4.06. The van der Waals surface area contributed by atoms with Gasteiger partial charge in [0.2, 0.25) is 5.91 Å².